The molecule has 0 aliphatic heterocycles. The first-order chi connectivity index (χ1) is 16.4. The molecule has 2 heterocycles. The van der Waals surface area contributed by atoms with Crippen molar-refractivity contribution in [1.29, 1.82) is 0 Å². The van der Waals surface area contributed by atoms with E-state index in [0.29, 0.717) is 10.8 Å². The van der Waals surface area contributed by atoms with Gasteiger partial charge in [-0.25, -0.2) is 0 Å². The van der Waals surface area contributed by atoms with Gasteiger partial charge in [0.1, 0.15) is 5.75 Å². The summed E-state index contributed by atoms with van der Waals surface area (Å²) in [5, 5.41) is 9.30. The van der Waals surface area contributed by atoms with Gasteiger partial charge in [-0.05, 0) is 71.4 Å². The van der Waals surface area contributed by atoms with Crippen molar-refractivity contribution in [3.63, 3.8) is 0 Å². The van der Waals surface area contributed by atoms with Gasteiger partial charge in [0.05, 0.1) is 0 Å². The number of benzene rings is 3. The molecule has 0 atom stereocenters. The molecule has 0 fully saturated rings. The van der Waals surface area contributed by atoms with E-state index in [0.717, 1.165) is 25.8 Å². The number of aromatic nitrogens is 3. The molecule has 5 aromatic rings. The Bertz CT molecular complexity index is 1420. The molecule has 0 N–H and O–H groups in total. The standard InChI is InChI=1S/C25H16F3N3OS2/c26-25(27,28)32-19-13-10-17(11-14-19)18-12-15-23-29-30-24(31(23)16-18)34-22-9-5-4-8-21(22)33-20-6-2-1-3-7-20/h1-16H. The first-order valence-electron chi connectivity index (χ1n) is 10.2. The van der Waals surface area contributed by atoms with Gasteiger partial charge in [-0.2, -0.15) is 0 Å². The summed E-state index contributed by atoms with van der Waals surface area (Å²) in [7, 11) is 0. The number of fused-ring (bicyclic) bond motifs is 1. The Balaban J connectivity index is 1.43. The molecule has 0 aliphatic carbocycles. The zero-order valence-corrected chi connectivity index (χ0v) is 19.1. The molecule has 0 spiro atoms. The summed E-state index contributed by atoms with van der Waals surface area (Å²) in [6.45, 7) is 0. The highest BCUT2D eigenvalue weighted by molar-refractivity contribution is 8.02. The lowest BCUT2D eigenvalue weighted by atomic mass is 10.1. The molecular weight excluding hydrogens is 479 g/mol. The molecule has 9 heteroatoms. The molecule has 3 aromatic carbocycles. The number of alkyl halides is 3. The van der Waals surface area contributed by atoms with Gasteiger partial charge in [-0.1, -0.05) is 54.2 Å². The molecule has 0 amide bonds. The number of pyridine rings is 1. The van der Waals surface area contributed by atoms with Crippen LogP contribution in [0.15, 0.2) is 117 Å². The highest BCUT2D eigenvalue weighted by Gasteiger charge is 2.31. The van der Waals surface area contributed by atoms with Crippen molar-refractivity contribution >= 4 is 29.2 Å². The summed E-state index contributed by atoms with van der Waals surface area (Å²) < 4.78 is 43.1. The summed E-state index contributed by atoms with van der Waals surface area (Å²) in [6.07, 6.45) is -2.84. The Kier molecular flexibility index (Phi) is 6.21. The largest absolute Gasteiger partial charge is 0.573 e. The Morgan fingerprint density at radius 1 is 0.676 bits per heavy atom. The van der Waals surface area contributed by atoms with Crippen molar-refractivity contribution in [2.75, 3.05) is 0 Å². The van der Waals surface area contributed by atoms with Gasteiger partial charge in [-0.3, -0.25) is 4.40 Å². The second-order valence-corrected chi connectivity index (χ2v) is 9.29. The summed E-state index contributed by atoms with van der Waals surface area (Å²) >= 11 is 3.18. The van der Waals surface area contributed by atoms with E-state index >= 15 is 0 Å². The molecule has 0 bridgehead atoms. The Morgan fingerprint density at radius 3 is 2.03 bits per heavy atom. The minimum Gasteiger partial charge on any atom is -0.406 e. The lowest BCUT2D eigenvalue weighted by molar-refractivity contribution is -0.274. The number of hydrogen-bond acceptors (Lipinski definition) is 5. The highest BCUT2D eigenvalue weighted by atomic mass is 32.2. The molecule has 0 saturated carbocycles. The lowest BCUT2D eigenvalue weighted by Crippen LogP contribution is -2.16. The van der Waals surface area contributed by atoms with E-state index in [1.54, 1.807) is 23.9 Å². The number of nitrogens with zero attached hydrogens (tertiary/aromatic N) is 3. The second kappa shape index (κ2) is 9.44. The van der Waals surface area contributed by atoms with Crippen molar-refractivity contribution in [3.05, 3.63) is 97.2 Å². The number of ether oxygens (including phenoxy) is 1. The fourth-order valence-electron chi connectivity index (χ4n) is 3.29. The van der Waals surface area contributed by atoms with Crippen molar-refractivity contribution in [2.45, 2.75) is 26.2 Å². The Morgan fingerprint density at radius 2 is 1.32 bits per heavy atom. The molecule has 4 nitrogen and oxygen atoms in total. The quantitative estimate of drug-likeness (QED) is 0.243. The van der Waals surface area contributed by atoms with E-state index < -0.39 is 6.36 Å². The monoisotopic (exact) mass is 495 g/mol. The van der Waals surface area contributed by atoms with Crippen LogP contribution >= 0.6 is 23.5 Å². The SMILES string of the molecule is FC(F)(F)Oc1ccc(-c2ccc3nnc(Sc4ccccc4Sc4ccccc4)n3c2)cc1. The molecule has 5 rings (SSSR count). The fourth-order valence-corrected chi connectivity index (χ4v) is 5.24. The van der Waals surface area contributed by atoms with Crippen molar-refractivity contribution < 1.29 is 17.9 Å². The van der Waals surface area contributed by atoms with E-state index in [2.05, 4.69) is 33.1 Å². The third kappa shape index (κ3) is 5.21. The summed E-state index contributed by atoms with van der Waals surface area (Å²) in [6, 6.07) is 27.7. The van der Waals surface area contributed by atoms with E-state index in [-0.39, 0.29) is 5.75 Å². The predicted octanol–water partition coefficient (Wildman–Crippen LogP) is 7.60. The Hall–Kier alpha value is -3.43. The van der Waals surface area contributed by atoms with Crippen LogP contribution in [0.4, 0.5) is 13.2 Å². The average molecular weight is 496 g/mol. The fraction of sp³-hybridized carbons (Fsp3) is 0.0400. The molecule has 0 unspecified atom stereocenters. The summed E-state index contributed by atoms with van der Waals surface area (Å²) in [5.74, 6) is -0.259. The van der Waals surface area contributed by atoms with Crippen LogP contribution in [-0.2, 0) is 0 Å². The van der Waals surface area contributed by atoms with Crippen molar-refractivity contribution in [1.82, 2.24) is 14.6 Å². The van der Waals surface area contributed by atoms with Crippen molar-refractivity contribution in [2.24, 2.45) is 0 Å². The molecule has 2 aromatic heterocycles. The van der Waals surface area contributed by atoms with E-state index in [4.69, 9.17) is 0 Å². The van der Waals surface area contributed by atoms with Gasteiger partial charge in [0.15, 0.2) is 10.8 Å². The Labute approximate surface area is 201 Å². The minimum atomic E-state index is -4.72. The average Bonchev–Trinajstić information content (AvgIpc) is 3.22. The predicted molar refractivity (Wildman–Crippen MR) is 126 cm³/mol. The molecule has 170 valence electrons. The zero-order chi connectivity index (χ0) is 23.5. The molecule has 0 radical (unpaired) electrons. The van der Waals surface area contributed by atoms with Crippen LogP contribution in [0.3, 0.4) is 0 Å². The van der Waals surface area contributed by atoms with Crippen LogP contribution in [-0.4, -0.2) is 21.0 Å². The second-order valence-electron chi connectivity index (χ2n) is 7.16. The number of halogens is 3. The van der Waals surface area contributed by atoms with Crippen LogP contribution in [0.1, 0.15) is 0 Å². The van der Waals surface area contributed by atoms with Gasteiger partial charge in [0.25, 0.3) is 0 Å². The third-order valence-corrected chi connectivity index (χ3v) is 7.06. The first-order valence-corrected chi connectivity index (χ1v) is 11.8. The molecular formula is C25H16F3N3OS2. The smallest absolute Gasteiger partial charge is 0.406 e. The zero-order valence-electron chi connectivity index (χ0n) is 17.4. The molecule has 0 aliphatic rings. The first kappa shape index (κ1) is 22.4. The van der Waals surface area contributed by atoms with E-state index in [1.807, 2.05) is 59.1 Å². The summed E-state index contributed by atoms with van der Waals surface area (Å²) in [5.41, 5.74) is 2.25. The van der Waals surface area contributed by atoms with Gasteiger partial charge in [0.2, 0.25) is 0 Å². The van der Waals surface area contributed by atoms with Crippen LogP contribution in [0.2, 0.25) is 0 Å². The maximum Gasteiger partial charge on any atom is 0.573 e. The van der Waals surface area contributed by atoms with Gasteiger partial charge < -0.3 is 4.74 Å². The van der Waals surface area contributed by atoms with Crippen LogP contribution in [0, 0.1) is 0 Å². The number of rotatable bonds is 6. The minimum absolute atomic E-state index is 0.259. The van der Waals surface area contributed by atoms with Gasteiger partial charge in [-0.15, -0.1) is 23.4 Å². The van der Waals surface area contributed by atoms with Gasteiger partial charge >= 0.3 is 6.36 Å². The van der Waals surface area contributed by atoms with Gasteiger partial charge in [0, 0.05) is 20.9 Å². The van der Waals surface area contributed by atoms with Crippen molar-refractivity contribution in [3.8, 4) is 16.9 Å². The topological polar surface area (TPSA) is 39.4 Å². The van der Waals surface area contributed by atoms with Crippen LogP contribution in [0.5, 0.6) is 5.75 Å². The van der Waals surface area contributed by atoms with Crippen LogP contribution in [0.25, 0.3) is 16.8 Å². The lowest BCUT2D eigenvalue weighted by Gasteiger charge is -2.10. The maximum absolute atomic E-state index is 12.4. The molecule has 0 saturated heterocycles. The summed E-state index contributed by atoms with van der Waals surface area (Å²) in [4.78, 5) is 3.29. The van der Waals surface area contributed by atoms with Crippen LogP contribution < -0.4 is 4.74 Å². The number of hydrogen-bond donors (Lipinski definition) is 0. The third-order valence-electron chi connectivity index (χ3n) is 4.81. The maximum atomic E-state index is 12.4. The molecule has 34 heavy (non-hydrogen) atoms. The highest BCUT2D eigenvalue weighted by Crippen LogP contribution is 2.38. The van der Waals surface area contributed by atoms with E-state index in [1.165, 1.54) is 23.9 Å². The van der Waals surface area contributed by atoms with E-state index in [9.17, 15) is 13.2 Å². The normalized spacial score (nSPS) is 11.6.